The Bertz CT molecular complexity index is 859. The van der Waals surface area contributed by atoms with Gasteiger partial charge < -0.3 is 4.74 Å². The van der Waals surface area contributed by atoms with Crippen molar-refractivity contribution in [1.82, 2.24) is 14.6 Å². The molecule has 0 saturated carbocycles. The Morgan fingerprint density at radius 2 is 2.00 bits per heavy atom. The highest BCUT2D eigenvalue weighted by molar-refractivity contribution is 7.98. The van der Waals surface area contributed by atoms with Crippen molar-refractivity contribution in [1.29, 1.82) is 0 Å². The Morgan fingerprint density at radius 1 is 1.26 bits per heavy atom. The van der Waals surface area contributed by atoms with Gasteiger partial charge in [0.2, 0.25) is 4.96 Å². The standard InChI is InChI=1S/C17H21N3OS2/c1-10-14(11-7-8-12(21-5)13(9-11)22-6)20-16(18-10)23-15(19-20)17(2,3)4/h7-9H,1-6H3. The van der Waals surface area contributed by atoms with E-state index in [1.807, 2.05) is 17.5 Å². The van der Waals surface area contributed by atoms with Gasteiger partial charge in [-0.05, 0) is 31.4 Å². The number of nitrogens with zero attached hydrogens (tertiary/aromatic N) is 3. The Morgan fingerprint density at radius 3 is 2.61 bits per heavy atom. The van der Waals surface area contributed by atoms with Crippen LogP contribution in [0.4, 0.5) is 0 Å². The van der Waals surface area contributed by atoms with E-state index in [0.29, 0.717) is 0 Å². The summed E-state index contributed by atoms with van der Waals surface area (Å²) in [5, 5.41) is 5.91. The van der Waals surface area contributed by atoms with Crippen molar-refractivity contribution in [2.24, 2.45) is 0 Å². The van der Waals surface area contributed by atoms with E-state index >= 15 is 0 Å². The number of benzene rings is 1. The van der Waals surface area contributed by atoms with Gasteiger partial charge >= 0.3 is 0 Å². The smallest absolute Gasteiger partial charge is 0.212 e. The van der Waals surface area contributed by atoms with Gasteiger partial charge in [0, 0.05) is 15.9 Å². The van der Waals surface area contributed by atoms with Gasteiger partial charge in [0.1, 0.15) is 10.8 Å². The summed E-state index contributed by atoms with van der Waals surface area (Å²) in [6, 6.07) is 6.23. The number of imidazole rings is 1. The first-order valence-electron chi connectivity index (χ1n) is 7.44. The molecule has 4 nitrogen and oxygen atoms in total. The minimum absolute atomic E-state index is 0.0287. The lowest BCUT2D eigenvalue weighted by Gasteiger charge is -2.13. The van der Waals surface area contributed by atoms with Gasteiger partial charge in [-0.1, -0.05) is 32.1 Å². The number of fused-ring (bicyclic) bond motifs is 1. The molecule has 122 valence electrons. The lowest BCUT2D eigenvalue weighted by molar-refractivity contribution is 0.405. The summed E-state index contributed by atoms with van der Waals surface area (Å²) >= 11 is 3.34. The lowest BCUT2D eigenvalue weighted by atomic mass is 9.98. The van der Waals surface area contributed by atoms with Crippen molar-refractivity contribution < 1.29 is 4.74 Å². The molecule has 0 spiro atoms. The number of aryl methyl sites for hydroxylation is 1. The fourth-order valence-corrected chi connectivity index (χ4v) is 4.07. The molecular formula is C17H21N3OS2. The first kappa shape index (κ1) is 16.3. The van der Waals surface area contributed by atoms with Crippen molar-refractivity contribution in [2.75, 3.05) is 13.4 Å². The van der Waals surface area contributed by atoms with Crippen molar-refractivity contribution in [2.45, 2.75) is 38.0 Å². The third-order valence-corrected chi connectivity index (χ3v) is 5.77. The summed E-state index contributed by atoms with van der Waals surface area (Å²) < 4.78 is 7.40. The third kappa shape index (κ3) is 2.85. The summed E-state index contributed by atoms with van der Waals surface area (Å²) in [6.07, 6.45) is 2.06. The van der Waals surface area contributed by atoms with E-state index in [0.717, 1.165) is 37.6 Å². The van der Waals surface area contributed by atoms with E-state index < -0.39 is 0 Å². The van der Waals surface area contributed by atoms with Crippen LogP contribution in [-0.4, -0.2) is 28.0 Å². The normalized spacial score (nSPS) is 12.1. The number of thioether (sulfide) groups is 1. The zero-order valence-corrected chi connectivity index (χ0v) is 15.9. The molecule has 0 fully saturated rings. The van der Waals surface area contributed by atoms with Crippen LogP contribution in [-0.2, 0) is 5.41 Å². The molecule has 0 amide bonds. The van der Waals surface area contributed by atoms with Crippen LogP contribution in [0.25, 0.3) is 16.2 Å². The molecule has 0 atom stereocenters. The monoisotopic (exact) mass is 347 g/mol. The van der Waals surface area contributed by atoms with Gasteiger partial charge in [0.15, 0.2) is 0 Å². The van der Waals surface area contributed by atoms with Gasteiger partial charge in [-0.25, -0.2) is 9.50 Å². The lowest BCUT2D eigenvalue weighted by Crippen LogP contribution is -2.11. The zero-order valence-electron chi connectivity index (χ0n) is 14.3. The number of ether oxygens (including phenoxy) is 1. The summed E-state index contributed by atoms with van der Waals surface area (Å²) in [4.78, 5) is 6.77. The van der Waals surface area contributed by atoms with E-state index in [1.54, 1.807) is 30.2 Å². The van der Waals surface area contributed by atoms with Crippen LogP contribution in [0.5, 0.6) is 5.75 Å². The number of aromatic nitrogens is 3. The second-order valence-electron chi connectivity index (χ2n) is 6.47. The Hall–Kier alpha value is -1.53. The largest absolute Gasteiger partial charge is 0.496 e. The van der Waals surface area contributed by atoms with Crippen molar-refractivity contribution in [3.8, 4) is 17.0 Å². The minimum Gasteiger partial charge on any atom is -0.496 e. The van der Waals surface area contributed by atoms with Crippen LogP contribution in [0.1, 0.15) is 31.5 Å². The Kier molecular flexibility index (Phi) is 4.14. The quantitative estimate of drug-likeness (QED) is 0.638. The molecule has 0 saturated heterocycles. The Balaban J connectivity index is 2.19. The number of hydrogen-bond acceptors (Lipinski definition) is 5. The maximum Gasteiger partial charge on any atom is 0.212 e. The second kappa shape index (κ2) is 5.83. The van der Waals surface area contributed by atoms with Crippen LogP contribution in [0.2, 0.25) is 0 Å². The first-order valence-corrected chi connectivity index (χ1v) is 9.48. The molecule has 0 unspecified atom stereocenters. The molecule has 3 rings (SSSR count). The second-order valence-corrected chi connectivity index (χ2v) is 8.27. The van der Waals surface area contributed by atoms with Gasteiger partial charge in [0.25, 0.3) is 0 Å². The molecule has 0 radical (unpaired) electrons. The first-order chi connectivity index (χ1) is 10.8. The van der Waals surface area contributed by atoms with E-state index in [9.17, 15) is 0 Å². The van der Waals surface area contributed by atoms with E-state index in [-0.39, 0.29) is 5.41 Å². The van der Waals surface area contributed by atoms with E-state index in [2.05, 4.69) is 39.2 Å². The predicted molar refractivity (Wildman–Crippen MR) is 98.1 cm³/mol. The number of rotatable bonds is 3. The van der Waals surface area contributed by atoms with Crippen LogP contribution in [0, 0.1) is 6.92 Å². The zero-order chi connectivity index (χ0) is 16.8. The SMILES string of the molecule is COc1ccc(-c2c(C)nc3sc(C(C)(C)C)nn23)cc1SC. The topological polar surface area (TPSA) is 39.4 Å². The molecule has 23 heavy (non-hydrogen) atoms. The highest BCUT2D eigenvalue weighted by Gasteiger charge is 2.23. The molecule has 1 aromatic carbocycles. The molecule has 0 aliphatic rings. The fraction of sp³-hybridized carbons (Fsp3) is 0.412. The highest BCUT2D eigenvalue weighted by atomic mass is 32.2. The summed E-state index contributed by atoms with van der Waals surface area (Å²) in [5.74, 6) is 0.897. The average molecular weight is 348 g/mol. The van der Waals surface area contributed by atoms with Gasteiger partial charge in [0.05, 0.1) is 18.5 Å². The maximum atomic E-state index is 5.42. The fourth-order valence-electron chi connectivity index (χ4n) is 2.47. The van der Waals surface area contributed by atoms with E-state index in [4.69, 9.17) is 14.8 Å². The summed E-state index contributed by atoms with van der Waals surface area (Å²) in [5.41, 5.74) is 3.21. The number of hydrogen-bond donors (Lipinski definition) is 0. The molecule has 0 aliphatic carbocycles. The summed E-state index contributed by atoms with van der Waals surface area (Å²) in [6.45, 7) is 8.57. The van der Waals surface area contributed by atoms with Crippen molar-refractivity contribution >= 4 is 28.1 Å². The van der Waals surface area contributed by atoms with Crippen LogP contribution in [0.15, 0.2) is 23.1 Å². The Labute approximate surface area is 144 Å². The van der Waals surface area contributed by atoms with Gasteiger partial charge in [-0.15, -0.1) is 11.8 Å². The molecule has 0 bridgehead atoms. The van der Waals surface area contributed by atoms with Gasteiger partial charge in [-0.2, -0.15) is 5.10 Å². The third-order valence-electron chi connectivity index (χ3n) is 3.68. The molecule has 0 aliphatic heterocycles. The van der Waals surface area contributed by atoms with Gasteiger partial charge in [-0.3, -0.25) is 0 Å². The molecule has 2 aromatic heterocycles. The minimum atomic E-state index is 0.0287. The van der Waals surface area contributed by atoms with Crippen LogP contribution >= 0.6 is 23.1 Å². The molecule has 2 heterocycles. The molecule has 0 N–H and O–H groups in total. The molecule has 6 heteroatoms. The highest BCUT2D eigenvalue weighted by Crippen LogP contribution is 2.36. The molecular weight excluding hydrogens is 326 g/mol. The maximum absolute atomic E-state index is 5.42. The van der Waals surface area contributed by atoms with Crippen LogP contribution < -0.4 is 4.74 Å². The van der Waals surface area contributed by atoms with Crippen LogP contribution in [0.3, 0.4) is 0 Å². The van der Waals surface area contributed by atoms with Crippen molar-refractivity contribution in [3.63, 3.8) is 0 Å². The predicted octanol–water partition coefficient (Wildman–Crippen LogP) is 4.79. The molecule has 3 aromatic rings. The average Bonchev–Trinajstić information content (AvgIpc) is 3.02. The summed E-state index contributed by atoms with van der Waals surface area (Å²) in [7, 11) is 1.70. The van der Waals surface area contributed by atoms with Crippen molar-refractivity contribution in [3.05, 3.63) is 28.9 Å². The van der Waals surface area contributed by atoms with E-state index in [1.165, 1.54) is 0 Å². The number of methoxy groups -OCH3 is 1.